The summed E-state index contributed by atoms with van der Waals surface area (Å²) >= 11 is 0. The summed E-state index contributed by atoms with van der Waals surface area (Å²) in [5, 5.41) is 0. The number of fused-ring (bicyclic) bond motifs is 1. The van der Waals surface area contributed by atoms with Gasteiger partial charge in [-0.15, -0.1) is 0 Å². The number of aldehydes is 1. The largest absolute Gasteiger partial charge is 0.493 e. The molecule has 6 nitrogen and oxygen atoms in total. The molecular formula is C19H21NO5. The van der Waals surface area contributed by atoms with E-state index in [1.807, 2.05) is 48.3 Å². The van der Waals surface area contributed by atoms with Gasteiger partial charge in [-0.3, -0.25) is 4.90 Å². The Morgan fingerprint density at radius 1 is 1.16 bits per heavy atom. The molecule has 0 aliphatic carbocycles. The van der Waals surface area contributed by atoms with Gasteiger partial charge >= 0.3 is 0 Å². The predicted octanol–water partition coefficient (Wildman–Crippen LogP) is 2.80. The number of hydrogen-bond donors (Lipinski definition) is 0. The second kappa shape index (κ2) is 7.44. The highest BCUT2D eigenvalue weighted by Gasteiger charge is 2.22. The van der Waals surface area contributed by atoms with Crippen LogP contribution in [0.3, 0.4) is 0 Å². The van der Waals surface area contributed by atoms with E-state index in [-0.39, 0.29) is 6.79 Å². The lowest BCUT2D eigenvalue weighted by Gasteiger charge is -2.25. The van der Waals surface area contributed by atoms with Crippen molar-refractivity contribution in [2.75, 3.05) is 28.1 Å². The molecule has 1 heterocycles. The first kappa shape index (κ1) is 17.1. The Kier molecular flexibility index (Phi) is 5.09. The van der Waals surface area contributed by atoms with Gasteiger partial charge in [-0.1, -0.05) is 18.2 Å². The second-order valence-electron chi connectivity index (χ2n) is 5.76. The molecular weight excluding hydrogens is 322 g/mol. The standard InChI is InChI=1S/C19H21NO5/c1-20(10-14-5-4-6-17(22-2)19(14)23-3)15(11-21)13-7-8-16-18(9-13)25-12-24-16/h4-9,11,15H,10,12H2,1-3H3/t15-/m1/s1. The molecule has 0 unspecified atom stereocenters. The summed E-state index contributed by atoms with van der Waals surface area (Å²) in [5.74, 6) is 2.70. The SMILES string of the molecule is COc1cccc(CN(C)[C@H](C=O)c2ccc3c(c2)OCO3)c1OC. The molecule has 6 heteroatoms. The van der Waals surface area contributed by atoms with E-state index in [2.05, 4.69) is 0 Å². The number of rotatable bonds is 7. The minimum absolute atomic E-state index is 0.210. The topological polar surface area (TPSA) is 57.2 Å². The van der Waals surface area contributed by atoms with Crippen LogP contribution in [0, 0.1) is 0 Å². The van der Waals surface area contributed by atoms with Crippen LogP contribution < -0.4 is 18.9 Å². The molecule has 0 fully saturated rings. The van der Waals surface area contributed by atoms with Crippen molar-refractivity contribution in [3.8, 4) is 23.0 Å². The summed E-state index contributed by atoms with van der Waals surface area (Å²) in [6.07, 6.45) is 0.921. The number of carbonyl (C=O) groups is 1. The summed E-state index contributed by atoms with van der Waals surface area (Å²) in [5.41, 5.74) is 1.79. The number of likely N-dealkylation sites (N-methyl/N-ethyl adjacent to an activating group) is 1. The molecule has 0 saturated carbocycles. The molecule has 1 atom stereocenters. The molecule has 132 valence electrons. The van der Waals surface area contributed by atoms with E-state index < -0.39 is 6.04 Å². The Labute approximate surface area is 146 Å². The van der Waals surface area contributed by atoms with Gasteiger partial charge in [-0.05, 0) is 30.8 Å². The molecule has 25 heavy (non-hydrogen) atoms. The molecule has 2 aromatic rings. The molecule has 0 aromatic heterocycles. The summed E-state index contributed by atoms with van der Waals surface area (Å²) < 4.78 is 21.5. The quantitative estimate of drug-likeness (QED) is 0.721. The van der Waals surface area contributed by atoms with Crippen molar-refractivity contribution in [3.05, 3.63) is 47.5 Å². The zero-order valence-electron chi connectivity index (χ0n) is 14.5. The first-order valence-corrected chi connectivity index (χ1v) is 7.93. The number of nitrogens with zero attached hydrogens (tertiary/aromatic N) is 1. The van der Waals surface area contributed by atoms with Gasteiger partial charge in [-0.25, -0.2) is 0 Å². The van der Waals surface area contributed by atoms with Crippen LogP contribution in [0.15, 0.2) is 36.4 Å². The van der Waals surface area contributed by atoms with Gasteiger partial charge in [0.1, 0.15) is 6.29 Å². The molecule has 0 N–H and O–H groups in total. The van der Waals surface area contributed by atoms with Crippen LogP contribution in [0.1, 0.15) is 17.2 Å². The van der Waals surface area contributed by atoms with E-state index in [0.717, 1.165) is 17.4 Å². The van der Waals surface area contributed by atoms with Crippen molar-refractivity contribution >= 4 is 6.29 Å². The zero-order chi connectivity index (χ0) is 17.8. The van der Waals surface area contributed by atoms with Crippen LogP contribution in [0.2, 0.25) is 0 Å². The van der Waals surface area contributed by atoms with Crippen molar-refractivity contribution < 1.29 is 23.7 Å². The number of hydrogen-bond acceptors (Lipinski definition) is 6. The number of benzene rings is 2. The maximum atomic E-state index is 11.7. The van der Waals surface area contributed by atoms with Crippen LogP contribution in [-0.4, -0.2) is 39.2 Å². The molecule has 0 bridgehead atoms. The number of ether oxygens (including phenoxy) is 4. The highest BCUT2D eigenvalue weighted by Crippen LogP contribution is 2.36. The Hall–Kier alpha value is -2.73. The number of methoxy groups -OCH3 is 2. The third-order valence-electron chi connectivity index (χ3n) is 4.25. The maximum absolute atomic E-state index is 11.7. The van der Waals surface area contributed by atoms with Gasteiger partial charge in [-0.2, -0.15) is 0 Å². The maximum Gasteiger partial charge on any atom is 0.231 e. The number of para-hydroxylation sites is 1. The molecule has 0 spiro atoms. The molecule has 3 rings (SSSR count). The fourth-order valence-corrected chi connectivity index (χ4v) is 2.98. The normalized spacial score (nSPS) is 13.6. The first-order valence-electron chi connectivity index (χ1n) is 7.93. The highest BCUT2D eigenvalue weighted by molar-refractivity contribution is 5.63. The van der Waals surface area contributed by atoms with E-state index in [0.29, 0.717) is 29.5 Å². The van der Waals surface area contributed by atoms with Crippen molar-refractivity contribution in [1.82, 2.24) is 4.90 Å². The Balaban J connectivity index is 1.84. The van der Waals surface area contributed by atoms with Crippen molar-refractivity contribution in [3.63, 3.8) is 0 Å². The first-order chi connectivity index (χ1) is 12.2. The molecule has 2 aromatic carbocycles. The van der Waals surface area contributed by atoms with Gasteiger partial charge in [0.05, 0.1) is 20.3 Å². The van der Waals surface area contributed by atoms with E-state index >= 15 is 0 Å². The van der Waals surface area contributed by atoms with Crippen LogP contribution in [0.4, 0.5) is 0 Å². The van der Waals surface area contributed by atoms with Gasteiger partial charge in [0.25, 0.3) is 0 Å². The molecule has 1 aliphatic rings. The average molecular weight is 343 g/mol. The van der Waals surface area contributed by atoms with Crippen molar-refractivity contribution in [2.24, 2.45) is 0 Å². The number of carbonyl (C=O) groups excluding carboxylic acids is 1. The predicted molar refractivity (Wildman–Crippen MR) is 92.4 cm³/mol. The minimum atomic E-state index is -0.412. The third-order valence-corrected chi connectivity index (χ3v) is 4.25. The van der Waals surface area contributed by atoms with E-state index in [1.165, 1.54) is 0 Å². The monoisotopic (exact) mass is 343 g/mol. The molecule has 0 radical (unpaired) electrons. The van der Waals surface area contributed by atoms with Crippen molar-refractivity contribution in [2.45, 2.75) is 12.6 Å². The fourth-order valence-electron chi connectivity index (χ4n) is 2.98. The minimum Gasteiger partial charge on any atom is -0.493 e. The van der Waals surface area contributed by atoms with Crippen LogP contribution >= 0.6 is 0 Å². The third kappa shape index (κ3) is 3.39. The van der Waals surface area contributed by atoms with Crippen molar-refractivity contribution in [1.29, 1.82) is 0 Å². The summed E-state index contributed by atoms with van der Waals surface area (Å²) in [7, 11) is 5.10. The lowest BCUT2D eigenvalue weighted by Crippen LogP contribution is -2.25. The lowest BCUT2D eigenvalue weighted by atomic mass is 10.0. The Morgan fingerprint density at radius 2 is 1.96 bits per heavy atom. The highest BCUT2D eigenvalue weighted by atomic mass is 16.7. The fraction of sp³-hybridized carbons (Fsp3) is 0.316. The van der Waals surface area contributed by atoms with Gasteiger partial charge in [0.15, 0.2) is 23.0 Å². The molecule has 1 aliphatic heterocycles. The average Bonchev–Trinajstić information content (AvgIpc) is 3.10. The Bertz CT molecular complexity index is 761. The van der Waals surface area contributed by atoms with E-state index in [4.69, 9.17) is 18.9 Å². The molecule has 0 saturated heterocycles. The lowest BCUT2D eigenvalue weighted by molar-refractivity contribution is -0.112. The zero-order valence-corrected chi connectivity index (χ0v) is 14.5. The molecule has 0 amide bonds. The van der Waals surface area contributed by atoms with Gasteiger partial charge in [0.2, 0.25) is 6.79 Å². The van der Waals surface area contributed by atoms with Crippen LogP contribution in [-0.2, 0) is 11.3 Å². The summed E-state index contributed by atoms with van der Waals surface area (Å²) in [4.78, 5) is 13.7. The van der Waals surface area contributed by atoms with Crippen LogP contribution in [0.5, 0.6) is 23.0 Å². The van der Waals surface area contributed by atoms with Gasteiger partial charge in [0, 0.05) is 12.1 Å². The summed E-state index contributed by atoms with van der Waals surface area (Å²) in [6.45, 7) is 0.736. The van der Waals surface area contributed by atoms with E-state index in [1.54, 1.807) is 14.2 Å². The second-order valence-corrected chi connectivity index (χ2v) is 5.76. The van der Waals surface area contributed by atoms with Crippen LogP contribution in [0.25, 0.3) is 0 Å². The van der Waals surface area contributed by atoms with Gasteiger partial charge < -0.3 is 23.7 Å². The Morgan fingerprint density at radius 3 is 2.68 bits per heavy atom. The summed E-state index contributed by atoms with van der Waals surface area (Å²) in [6, 6.07) is 10.9. The van der Waals surface area contributed by atoms with E-state index in [9.17, 15) is 4.79 Å². The smallest absolute Gasteiger partial charge is 0.231 e.